The Morgan fingerprint density at radius 2 is 1.58 bits per heavy atom. The van der Waals surface area contributed by atoms with Crippen LogP contribution in [0.2, 0.25) is 0 Å². The predicted octanol–water partition coefficient (Wildman–Crippen LogP) is 6.00. The Bertz CT molecular complexity index is 1130. The molecule has 1 atom stereocenters. The number of nitrogens with zero attached hydrogens (tertiary/aromatic N) is 2. The molecule has 6 nitrogen and oxygen atoms in total. The third-order valence-electron chi connectivity index (χ3n) is 5.64. The molecule has 208 valence electrons. The van der Waals surface area contributed by atoms with E-state index < -0.39 is 47.3 Å². The molecule has 0 radical (unpaired) electrons. The number of ether oxygens (including phenoxy) is 2. The lowest BCUT2D eigenvalue weighted by atomic mass is 9.92. The first-order valence-electron chi connectivity index (χ1n) is 11.7. The summed E-state index contributed by atoms with van der Waals surface area (Å²) in [5.74, 6) is 0.502. The van der Waals surface area contributed by atoms with Gasteiger partial charge in [0.05, 0.1) is 37.4 Å². The van der Waals surface area contributed by atoms with Crippen LogP contribution in [0, 0.1) is 0 Å². The number of likely N-dealkylation sites (N-methyl/N-ethyl adjacent to an activating group) is 1. The van der Waals surface area contributed by atoms with Gasteiger partial charge in [-0.15, -0.1) is 0 Å². The Morgan fingerprint density at radius 3 is 2.11 bits per heavy atom. The number of halogens is 6. The van der Waals surface area contributed by atoms with Gasteiger partial charge in [0.15, 0.2) is 0 Å². The number of alkyl halides is 6. The van der Waals surface area contributed by atoms with Crippen LogP contribution in [0.15, 0.2) is 53.5 Å². The standard InChI is InChI=1S/C26H29F6N3O3/c1-23(2,3)38-22(36)33-13-21-34-24(15-35(21)4,18-8-6-5-7-9-18)16-37-14-17-10-19(25(27,28)29)12-20(11-17)26(30,31)32/h5-12H,13-16H2,1-4H3,(H,33,36). The zero-order chi connectivity index (χ0) is 28.4. The summed E-state index contributed by atoms with van der Waals surface area (Å²) in [6.45, 7) is 4.91. The monoisotopic (exact) mass is 545 g/mol. The van der Waals surface area contributed by atoms with E-state index in [4.69, 9.17) is 14.5 Å². The van der Waals surface area contributed by atoms with Gasteiger partial charge in [-0.3, -0.25) is 4.99 Å². The van der Waals surface area contributed by atoms with Gasteiger partial charge in [-0.1, -0.05) is 30.3 Å². The predicted molar refractivity (Wildman–Crippen MR) is 129 cm³/mol. The van der Waals surface area contributed by atoms with Crippen LogP contribution in [0.1, 0.15) is 43.0 Å². The second kappa shape index (κ2) is 10.8. The van der Waals surface area contributed by atoms with Crippen molar-refractivity contribution in [2.75, 3.05) is 26.7 Å². The molecule has 1 N–H and O–H groups in total. The zero-order valence-electron chi connectivity index (χ0n) is 21.3. The third kappa shape index (κ3) is 7.62. The Morgan fingerprint density at radius 1 is 1.00 bits per heavy atom. The molecule has 38 heavy (non-hydrogen) atoms. The van der Waals surface area contributed by atoms with Gasteiger partial charge < -0.3 is 19.7 Å². The minimum absolute atomic E-state index is 0.0442. The normalized spacial score (nSPS) is 18.4. The molecular weight excluding hydrogens is 516 g/mol. The van der Waals surface area contributed by atoms with E-state index in [-0.39, 0.29) is 24.8 Å². The first-order valence-corrected chi connectivity index (χ1v) is 11.7. The van der Waals surface area contributed by atoms with Crippen LogP contribution in [0.3, 0.4) is 0 Å². The molecule has 0 saturated heterocycles. The summed E-state index contributed by atoms with van der Waals surface area (Å²) in [5.41, 5.74) is -4.03. The Kier molecular flexibility index (Phi) is 8.35. The van der Waals surface area contributed by atoms with Crippen molar-refractivity contribution in [2.24, 2.45) is 4.99 Å². The van der Waals surface area contributed by atoms with E-state index in [1.165, 1.54) is 0 Å². The lowest BCUT2D eigenvalue weighted by Gasteiger charge is -2.27. The summed E-state index contributed by atoms with van der Waals surface area (Å²) in [7, 11) is 1.75. The largest absolute Gasteiger partial charge is 0.444 e. The molecule has 0 aliphatic carbocycles. The number of carbonyl (C=O) groups is 1. The van der Waals surface area contributed by atoms with Gasteiger partial charge in [0.2, 0.25) is 0 Å². The van der Waals surface area contributed by atoms with Crippen LogP contribution in [-0.4, -0.2) is 49.2 Å². The second-order valence-corrected chi connectivity index (χ2v) is 10.0. The molecule has 0 spiro atoms. The Hall–Kier alpha value is -3.28. The number of aliphatic imine (C=N–C) groups is 1. The van der Waals surface area contributed by atoms with E-state index in [1.807, 2.05) is 0 Å². The number of nitrogens with one attached hydrogen (secondary N) is 1. The molecule has 0 bridgehead atoms. The highest BCUT2D eigenvalue weighted by molar-refractivity contribution is 5.89. The number of benzene rings is 2. The van der Waals surface area contributed by atoms with E-state index in [2.05, 4.69) is 5.32 Å². The lowest BCUT2D eigenvalue weighted by Crippen LogP contribution is -2.40. The SMILES string of the molecule is CN1CC(COCc2cc(C(F)(F)F)cc(C(F)(F)F)c2)(c2ccccc2)N=C1CNC(=O)OC(C)(C)C. The highest BCUT2D eigenvalue weighted by atomic mass is 19.4. The van der Waals surface area contributed by atoms with Gasteiger partial charge in [-0.05, 0) is 50.1 Å². The fourth-order valence-corrected chi connectivity index (χ4v) is 4.00. The molecule has 0 fully saturated rings. The molecule has 1 heterocycles. The number of carbonyl (C=O) groups excluding carboxylic acids is 1. The first-order chi connectivity index (χ1) is 17.5. The van der Waals surface area contributed by atoms with Crippen LogP contribution < -0.4 is 5.32 Å². The van der Waals surface area contributed by atoms with Gasteiger partial charge in [-0.2, -0.15) is 26.3 Å². The number of amidine groups is 1. The van der Waals surface area contributed by atoms with Crippen LogP contribution in [0.25, 0.3) is 0 Å². The van der Waals surface area contributed by atoms with Crippen LogP contribution in [0.5, 0.6) is 0 Å². The summed E-state index contributed by atoms with van der Waals surface area (Å²) < 4.78 is 90.3. The maximum atomic E-state index is 13.2. The molecule has 1 amide bonds. The summed E-state index contributed by atoms with van der Waals surface area (Å²) in [4.78, 5) is 18.6. The fourth-order valence-electron chi connectivity index (χ4n) is 4.00. The Labute approximate surface area is 216 Å². The quantitative estimate of drug-likeness (QED) is 0.434. The topological polar surface area (TPSA) is 63.2 Å². The van der Waals surface area contributed by atoms with Crippen molar-refractivity contribution in [3.63, 3.8) is 0 Å². The molecule has 0 aromatic heterocycles. The number of hydrogen-bond acceptors (Lipinski definition) is 5. The van der Waals surface area contributed by atoms with E-state index in [0.29, 0.717) is 24.5 Å². The highest BCUT2D eigenvalue weighted by Gasteiger charge is 2.41. The van der Waals surface area contributed by atoms with Gasteiger partial charge >= 0.3 is 18.4 Å². The molecular formula is C26H29F6N3O3. The zero-order valence-corrected chi connectivity index (χ0v) is 21.3. The smallest absolute Gasteiger partial charge is 0.416 e. The summed E-state index contributed by atoms with van der Waals surface area (Å²) in [6.07, 6.45) is -10.5. The number of hydrogen-bond donors (Lipinski definition) is 1. The third-order valence-corrected chi connectivity index (χ3v) is 5.64. The maximum Gasteiger partial charge on any atom is 0.416 e. The molecule has 2 aromatic carbocycles. The van der Waals surface area contributed by atoms with Crippen molar-refractivity contribution >= 4 is 11.9 Å². The highest BCUT2D eigenvalue weighted by Crippen LogP contribution is 2.37. The van der Waals surface area contributed by atoms with E-state index in [9.17, 15) is 31.1 Å². The van der Waals surface area contributed by atoms with Crippen molar-refractivity contribution in [1.82, 2.24) is 10.2 Å². The van der Waals surface area contributed by atoms with Crippen LogP contribution in [0.4, 0.5) is 31.1 Å². The number of amides is 1. The van der Waals surface area contributed by atoms with Crippen LogP contribution >= 0.6 is 0 Å². The van der Waals surface area contributed by atoms with Crippen molar-refractivity contribution in [3.05, 3.63) is 70.8 Å². The van der Waals surface area contributed by atoms with Crippen molar-refractivity contribution in [1.29, 1.82) is 0 Å². The molecule has 1 unspecified atom stereocenters. The molecule has 2 aromatic rings. The minimum Gasteiger partial charge on any atom is -0.444 e. The van der Waals surface area contributed by atoms with Crippen molar-refractivity contribution in [3.8, 4) is 0 Å². The summed E-state index contributed by atoms with van der Waals surface area (Å²) >= 11 is 0. The second-order valence-electron chi connectivity index (χ2n) is 10.0. The number of alkyl carbamates (subject to hydrolysis) is 1. The van der Waals surface area contributed by atoms with E-state index >= 15 is 0 Å². The summed E-state index contributed by atoms with van der Waals surface area (Å²) in [6, 6.07) is 10.3. The summed E-state index contributed by atoms with van der Waals surface area (Å²) in [5, 5.41) is 2.64. The Balaban J connectivity index is 1.82. The van der Waals surface area contributed by atoms with Crippen molar-refractivity contribution in [2.45, 2.75) is 50.9 Å². The number of rotatable bonds is 7. The molecule has 1 aliphatic heterocycles. The maximum absolute atomic E-state index is 13.2. The molecule has 1 aliphatic rings. The molecule has 3 rings (SSSR count). The average molecular weight is 546 g/mol. The molecule has 0 saturated carbocycles. The first kappa shape index (κ1) is 29.3. The average Bonchev–Trinajstić information content (AvgIpc) is 3.12. The minimum atomic E-state index is -4.95. The fraction of sp³-hybridized carbons (Fsp3) is 0.462. The van der Waals surface area contributed by atoms with Crippen LogP contribution in [-0.2, 0) is 34.0 Å². The van der Waals surface area contributed by atoms with Gasteiger partial charge in [0.25, 0.3) is 0 Å². The van der Waals surface area contributed by atoms with Gasteiger partial charge in [0, 0.05) is 7.05 Å². The van der Waals surface area contributed by atoms with Gasteiger partial charge in [0.1, 0.15) is 17.0 Å². The molecule has 12 heteroatoms. The van der Waals surface area contributed by atoms with Gasteiger partial charge in [-0.25, -0.2) is 4.79 Å². The van der Waals surface area contributed by atoms with Crippen molar-refractivity contribution < 1.29 is 40.6 Å². The van der Waals surface area contributed by atoms with E-state index in [0.717, 1.165) is 5.56 Å². The lowest BCUT2D eigenvalue weighted by molar-refractivity contribution is -0.143. The van der Waals surface area contributed by atoms with E-state index in [1.54, 1.807) is 63.1 Å².